The molecule has 4 aromatic rings. The van der Waals surface area contributed by atoms with Crippen molar-refractivity contribution < 1.29 is 13.2 Å². The van der Waals surface area contributed by atoms with Gasteiger partial charge >= 0.3 is 6.18 Å². The van der Waals surface area contributed by atoms with E-state index in [0.717, 1.165) is 23.5 Å². The summed E-state index contributed by atoms with van der Waals surface area (Å²) in [5.74, 6) is 0.192. The van der Waals surface area contributed by atoms with Crippen LogP contribution >= 0.6 is 0 Å². The molecule has 0 aliphatic heterocycles. The Morgan fingerprint density at radius 2 is 1.80 bits per heavy atom. The van der Waals surface area contributed by atoms with Gasteiger partial charge in [0.05, 0.1) is 17.5 Å². The lowest BCUT2D eigenvalue weighted by Gasteiger charge is -2.06. The number of pyridine rings is 2. The summed E-state index contributed by atoms with van der Waals surface area (Å²) in [5, 5.41) is 8.74. The van der Waals surface area contributed by atoms with E-state index < -0.39 is 11.7 Å². The molecule has 0 unspecified atom stereocenters. The molecule has 6 nitrogen and oxygen atoms in total. The number of rotatable bonds is 5. The van der Waals surface area contributed by atoms with E-state index in [0.29, 0.717) is 11.3 Å². The van der Waals surface area contributed by atoms with Crippen molar-refractivity contribution in [3.8, 4) is 16.9 Å². The minimum absolute atomic E-state index is 0.192. The summed E-state index contributed by atoms with van der Waals surface area (Å²) in [6.07, 6.45) is 3.03. The average molecular weight is 408 g/mol. The van der Waals surface area contributed by atoms with E-state index in [9.17, 15) is 13.2 Å². The van der Waals surface area contributed by atoms with E-state index >= 15 is 0 Å². The molecule has 0 spiro atoms. The fraction of sp³-hybridized carbons (Fsp3) is 0.0476. The van der Waals surface area contributed by atoms with E-state index in [2.05, 4.69) is 25.6 Å². The normalized spacial score (nSPS) is 11.7. The molecule has 1 aromatic carbocycles. The first-order chi connectivity index (χ1) is 14.5. The van der Waals surface area contributed by atoms with Crippen LogP contribution in [-0.4, -0.2) is 26.0 Å². The van der Waals surface area contributed by atoms with Crippen LogP contribution in [0, 0.1) is 0 Å². The summed E-state index contributed by atoms with van der Waals surface area (Å²) in [7, 11) is 0. The Hall–Kier alpha value is -4.01. The van der Waals surface area contributed by atoms with Gasteiger partial charge in [0.25, 0.3) is 0 Å². The number of para-hydroxylation sites is 1. The van der Waals surface area contributed by atoms with Crippen LogP contribution in [0.3, 0.4) is 0 Å². The molecular formula is C21H15F3N6. The number of aromatic nitrogens is 4. The summed E-state index contributed by atoms with van der Waals surface area (Å²) < 4.78 is 39.6. The number of nitrogens with one attached hydrogen (secondary N) is 1. The SMILES string of the molecule is FC(F)(F)c1ccc(N/N=C/c2cn(-c3ccccc3)nc2-c2cccnc2)nc1. The monoisotopic (exact) mass is 408 g/mol. The predicted molar refractivity (Wildman–Crippen MR) is 107 cm³/mol. The van der Waals surface area contributed by atoms with Gasteiger partial charge in [0.15, 0.2) is 0 Å². The predicted octanol–water partition coefficient (Wildman–Crippen LogP) is 4.79. The van der Waals surface area contributed by atoms with E-state index in [4.69, 9.17) is 0 Å². The van der Waals surface area contributed by atoms with E-state index in [1.54, 1.807) is 17.1 Å². The van der Waals surface area contributed by atoms with Gasteiger partial charge in [-0.05, 0) is 36.4 Å². The summed E-state index contributed by atoms with van der Waals surface area (Å²) in [6, 6.07) is 15.4. The fourth-order valence-corrected chi connectivity index (χ4v) is 2.72. The van der Waals surface area contributed by atoms with Gasteiger partial charge in [0.1, 0.15) is 11.5 Å². The van der Waals surface area contributed by atoms with Crippen molar-refractivity contribution >= 4 is 12.0 Å². The van der Waals surface area contributed by atoms with Gasteiger partial charge in [0, 0.05) is 35.9 Å². The third kappa shape index (κ3) is 4.35. The number of hydrogen-bond acceptors (Lipinski definition) is 5. The molecule has 0 aliphatic carbocycles. The Kier molecular flexibility index (Phi) is 5.25. The zero-order valence-electron chi connectivity index (χ0n) is 15.5. The van der Waals surface area contributed by atoms with Crippen molar-refractivity contribution in [2.24, 2.45) is 5.10 Å². The summed E-state index contributed by atoms with van der Waals surface area (Å²) >= 11 is 0. The maximum Gasteiger partial charge on any atom is 0.417 e. The Bertz CT molecular complexity index is 1140. The van der Waals surface area contributed by atoms with E-state index in [-0.39, 0.29) is 5.82 Å². The van der Waals surface area contributed by atoms with E-state index in [1.165, 1.54) is 12.3 Å². The molecule has 30 heavy (non-hydrogen) atoms. The highest BCUT2D eigenvalue weighted by Crippen LogP contribution is 2.29. The Morgan fingerprint density at radius 3 is 2.47 bits per heavy atom. The smallest absolute Gasteiger partial charge is 0.264 e. The quantitative estimate of drug-likeness (QED) is 0.381. The maximum atomic E-state index is 12.6. The molecule has 0 bridgehead atoms. The molecule has 1 N–H and O–H groups in total. The highest BCUT2D eigenvalue weighted by molar-refractivity contribution is 5.89. The number of benzene rings is 1. The molecule has 3 heterocycles. The first-order valence-electron chi connectivity index (χ1n) is 8.88. The molecule has 0 aliphatic rings. The molecule has 150 valence electrons. The molecule has 0 fully saturated rings. The molecule has 9 heteroatoms. The number of hydrazone groups is 1. The van der Waals surface area contributed by atoms with Crippen LogP contribution in [0.4, 0.5) is 19.0 Å². The summed E-state index contributed by atoms with van der Waals surface area (Å²) in [5.41, 5.74) is 4.86. The van der Waals surface area contributed by atoms with Crippen LogP contribution in [0.5, 0.6) is 0 Å². The first-order valence-corrected chi connectivity index (χ1v) is 8.88. The molecule has 0 radical (unpaired) electrons. The maximum absolute atomic E-state index is 12.6. The van der Waals surface area contributed by atoms with Gasteiger partial charge in [-0.2, -0.15) is 23.4 Å². The highest BCUT2D eigenvalue weighted by Gasteiger charge is 2.30. The van der Waals surface area contributed by atoms with Crippen LogP contribution in [0.1, 0.15) is 11.1 Å². The van der Waals surface area contributed by atoms with Crippen molar-refractivity contribution in [2.45, 2.75) is 6.18 Å². The van der Waals surface area contributed by atoms with Crippen LogP contribution in [0.15, 0.2) is 84.5 Å². The number of anilines is 1. The molecular weight excluding hydrogens is 393 g/mol. The second-order valence-electron chi connectivity index (χ2n) is 6.25. The van der Waals surface area contributed by atoms with Crippen LogP contribution in [0.2, 0.25) is 0 Å². The molecule has 3 aromatic heterocycles. The number of nitrogens with zero attached hydrogens (tertiary/aromatic N) is 5. The van der Waals surface area contributed by atoms with Crippen molar-refractivity contribution in [1.29, 1.82) is 0 Å². The minimum atomic E-state index is -4.43. The minimum Gasteiger partial charge on any atom is -0.264 e. The number of alkyl halides is 3. The summed E-state index contributed by atoms with van der Waals surface area (Å²) in [6.45, 7) is 0. The lowest BCUT2D eigenvalue weighted by molar-refractivity contribution is -0.137. The fourth-order valence-electron chi connectivity index (χ4n) is 2.72. The third-order valence-electron chi connectivity index (χ3n) is 4.17. The van der Waals surface area contributed by atoms with Gasteiger partial charge in [-0.3, -0.25) is 10.4 Å². The van der Waals surface area contributed by atoms with Gasteiger partial charge in [-0.25, -0.2) is 9.67 Å². The Morgan fingerprint density at radius 1 is 0.967 bits per heavy atom. The zero-order chi connectivity index (χ0) is 21.0. The topological polar surface area (TPSA) is 68.0 Å². The lowest BCUT2D eigenvalue weighted by atomic mass is 10.1. The van der Waals surface area contributed by atoms with Gasteiger partial charge in [-0.15, -0.1) is 0 Å². The average Bonchev–Trinajstić information content (AvgIpc) is 3.19. The zero-order valence-corrected chi connectivity index (χ0v) is 15.5. The van der Waals surface area contributed by atoms with Crippen LogP contribution in [0.25, 0.3) is 16.9 Å². The molecule has 0 amide bonds. The molecule has 0 saturated carbocycles. The lowest BCUT2D eigenvalue weighted by Crippen LogP contribution is -2.05. The largest absolute Gasteiger partial charge is 0.417 e. The summed E-state index contributed by atoms with van der Waals surface area (Å²) in [4.78, 5) is 7.86. The number of halogens is 3. The highest BCUT2D eigenvalue weighted by atomic mass is 19.4. The van der Waals surface area contributed by atoms with Gasteiger partial charge in [-0.1, -0.05) is 18.2 Å². The molecule has 0 atom stereocenters. The van der Waals surface area contributed by atoms with Crippen molar-refractivity contribution in [1.82, 2.24) is 19.7 Å². The number of hydrogen-bond donors (Lipinski definition) is 1. The van der Waals surface area contributed by atoms with E-state index in [1.807, 2.05) is 48.7 Å². The second kappa shape index (κ2) is 8.16. The standard InChI is InChI=1S/C21H15F3N6/c22-21(23,24)17-8-9-19(26-13-17)28-27-12-16-14-30(18-6-2-1-3-7-18)29-20(16)15-5-4-10-25-11-15/h1-14H,(H,26,28)/b27-12+. The van der Waals surface area contributed by atoms with Crippen LogP contribution in [-0.2, 0) is 6.18 Å². The molecule has 0 saturated heterocycles. The van der Waals surface area contributed by atoms with Crippen molar-refractivity contribution in [2.75, 3.05) is 5.43 Å². The second-order valence-corrected chi connectivity index (χ2v) is 6.25. The Balaban J connectivity index is 1.60. The van der Waals surface area contributed by atoms with Gasteiger partial charge in [0.2, 0.25) is 0 Å². The Labute approximate surface area is 169 Å². The molecule has 4 rings (SSSR count). The first kappa shape index (κ1) is 19.3. The third-order valence-corrected chi connectivity index (χ3v) is 4.17. The van der Waals surface area contributed by atoms with Crippen LogP contribution < -0.4 is 5.43 Å². The van der Waals surface area contributed by atoms with Crippen molar-refractivity contribution in [3.63, 3.8) is 0 Å². The van der Waals surface area contributed by atoms with Gasteiger partial charge < -0.3 is 0 Å². The van der Waals surface area contributed by atoms with Crippen molar-refractivity contribution in [3.05, 3.63) is 90.5 Å².